The van der Waals surface area contributed by atoms with Gasteiger partial charge in [-0.1, -0.05) is 10.3 Å². The Morgan fingerprint density at radius 2 is 2.08 bits per heavy atom. The summed E-state index contributed by atoms with van der Waals surface area (Å²) in [4.78, 5) is 14.5. The van der Waals surface area contributed by atoms with Crippen LogP contribution in [0.2, 0.25) is 0 Å². The first-order valence-corrected chi connectivity index (χ1v) is 6.63. The Morgan fingerprint density at radius 3 is 2.83 bits per heavy atom. The van der Waals surface area contributed by atoms with Gasteiger partial charge in [0.05, 0.1) is 5.69 Å². The van der Waals surface area contributed by atoms with E-state index >= 15 is 0 Å². The van der Waals surface area contributed by atoms with Gasteiger partial charge in [0.2, 0.25) is 11.6 Å². The topological polar surface area (TPSA) is 148 Å². The summed E-state index contributed by atoms with van der Waals surface area (Å²) in [5.74, 6) is -1.01. The zero-order chi connectivity index (χ0) is 16.9. The highest BCUT2D eigenvalue weighted by molar-refractivity contribution is 5.66. The molecule has 0 bridgehead atoms. The van der Waals surface area contributed by atoms with Crippen LogP contribution in [0.3, 0.4) is 0 Å². The molecule has 0 saturated heterocycles. The molecule has 0 saturated carbocycles. The molecule has 2 aromatic heterocycles. The van der Waals surface area contributed by atoms with E-state index in [0.29, 0.717) is 5.69 Å². The summed E-state index contributed by atoms with van der Waals surface area (Å²) in [6.07, 6.45) is 0. The van der Waals surface area contributed by atoms with E-state index in [0.717, 1.165) is 4.57 Å². The summed E-state index contributed by atoms with van der Waals surface area (Å²) in [5.41, 5.74) is 8.69. The second-order valence-corrected chi connectivity index (χ2v) is 4.43. The zero-order valence-corrected chi connectivity index (χ0v) is 12.0. The molecule has 0 fully saturated rings. The third-order valence-electron chi connectivity index (χ3n) is 2.96. The summed E-state index contributed by atoms with van der Waals surface area (Å²) in [6, 6.07) is 5.16. The molecule has 0 unspecified atom stereocenters. The number of hydrogen-bond donors (Lipinski definition) is 1. The highest BCUT2D eigenvalue weighted by atomic mass is 19.1. The van der Waals surface area contributed by atoms with Crippen molar-refractivity contribution >= 4 is 5.82 Å². The summed E-state index contributed by atoms with van der Waals surface area (Å²) in [5, 5.41) is 17.2. The number of azide groups is 1. The van der Waals surface area contributed by atoms with Crippen molar-refractivity contribution in [1.29, 1.82) is 0 Å². The molecular weight excluding hydrogens is 323 g/mol. The van der Waals surface area contributed by atoms with E-state index in [1.54, 1.807) is 0 Å². The second kappa shape index (κ2) is 6.62. The Balaban J connectivity index is 1.97. The monoisotopic (exact) mass is 332 g/mol. The fourth-order valence-electron chi connectivity index (χ4n) is 1.94. The zero-order valence-electron chi connectivity index (χ0n) is 12.0. The van der Waals surface area contributed by atoms with E-state index in [-0.39, 0.29) is 30.4 Å². The lowest BCUT2D eigenvalue weighted by Crippen LogP contribution is -2.14. The number of aromatic nitrogens is 4. The van der Waals surface area contributed by atoms with Crippen LogP contribution >= 0.6 is 0 Å². The smallest absolute Gasteiger partial charge is 0.365 e. The van der Waals surface area contributed by atoms with Crippen LogP contribution in [-0.4, -0.2) is 33.1 Å². The molecule has 0 atom stereocenters. The maximum atomic E-state index is 13.1. The van der Waals surface area contributed by atoms with Crippen LogP contribution in [0, 0.1) is 5.82 Å². The Kier molecular flexibility index (Phi) is 4.21. The Hall–Kier alpha value is -3.66. The van der Waals surface area contributed by atoms with Gasteiger partial charge in [-0.3, -0.25) is 4.52 Å². The summed E-state index contributed by atoms with van der Waals surface area (Å²) in [7, 11) is 0. The number of benzene rings is 1. The van der Waals surface area contributed by atoms with Crippen molar-refractivity contribution < 1.29 is 13.5 Å². The van der Waals surface area contributed by atoms with E-state index in [4.69, 9.17) is 5.53 Å². The molecule has 0 aliphatic heterocycles. The first-order valence-electron chi connectivity index (χ1n) is 6.63. The van der Waals surface area contributed by atoms with Crippen LogP contribution in [0.4, 0.5) is 10.2 Å². The number of nitrogens with one attached hydrogen (secondary N) is 1. The highest BCUT2D eigenvalue weighted by Gasteiger charge is 2.22. The molecule has 0 aliphatic rings. The maximum absolute atomic E-state index is 13.1. The lowest BCUT2D eigenvalue weighted by Gasteiger charge is -2.04. The van der Waals surface area contributed by atoms with Gasteiger partial charge in [0.25, 0.3) is 0 Å². The van der Waals surface area contributed by atoms with Crippen LogP contribution < -0.4 is 11.1 Å². The molecule has 3 aromatic rings. The fraction of sp³-hybridized carbons (Fsp3) is 0.167. The largest absolute Gasteiger partial charge is 0.446 e. The minimum atomic E-state index is -0.778. The SMILES string of the molecule is [N-]=[N+]=NCCNc1nonc1-c1noc(=O)n1-c1ccc(F)cc1. The predicted molar refractivity (Wildman–Crippen MR) is 77.9 cm³/mol. The van der Waals surface area contributed by atoms with Crippen LogP contribution in [0.15, 0.2) is 43.3 Å². The van der Waals surface area contributed by atoms with Gasteiger partial charge >= 0.3 is 5.76 Å². The Morgan fingerprint density at radius 1 is 1.29 bits per heavy atom. The van der Waals surface area contributed by atoms with E-state index in [1.165, 1.54) is 24.3 Å². The van der Waals surface area contributed by atoms with E-state index < -0.39 is 11.6 Å². The molecule has 122 valence electrons. The second-order valence-electron chi connectivity index (χ2n) is 4.43. The summed E-state index contributed by atoms with van der Waals surface area (Å²) >= 11 is 0. The van der Waals surface area contributed by atoms with Crippen LogP contribution in [0.25, 0.3) is 27.6 Å². The van der Waals surface area contributed by atoms with Crippen molar-refractivity contribution in [1.82, 2.24) is 20.0 Å². The third kappa shape index (κ3) is 2.94. The van der Waals surface area contributed by atoms with Crippen LogP contribution in [-0.2, 0) is 0 Å². The van der Waals surface area contributed by atoms with Gasteiger partial charge in [0, 0.05) is 18.0 Å². The van der Waals surface area contributed by atoms with Gasteiger partial charge in [0.1, 0.15) is 5.82 Å². The van der Waals surface area contributed by atoms with E-state index in [9.17, 15) is 9.18 Å². The molecule has 2 heterocycles. The van der Waals surface area contributed by atoms with Crippen molar-refractivity contribution in [3.63, 3.8) is 0 Å². The quantitative estimate of drug-likeness (QED) is 0.313. The van der Waals surface area contributed by atoms with Crippen LogP contribution in [0.1, 0.15) is 0 Å². The molecule has 0 amide bonds. The van der Waals surface area contributed by atoms with E-state index in [1.807, 2.05) is 0 Å². The lowest BCUT2D eigenvalue weighted by molar-refractivity contribution is 0.309. The normalized spacial score (nSPS) is 10.4. The number of hydrogen-bond acceptors (Lipinski definition) is 8. The molecule has 12 heteroatoms. The van der Waals surface area contributed by atoms with Gasteiger partial charge in [-0.15, -0.1) is 0 Å². The van der Waals surface area contributed by atoms with Crippen molar-refractivity contribution in [3.8, 4) is 17.2 Å². The van der Waals surface area contributed by atoms with Crippen LogP contribution in [0.5, 0.6) is 0 Å². The number of rotatable bonds is 6. The van der Waals surface area contributed by atoms with Gasteiger partial charge in [-0.05, 0) is 40.1 Å². The lowest BCUT2D eigenvalue weighted by atomic mass is 10.3. The van der Waals surface area contributed by atoms with E-state index in [2.05, 4.69) is 40.0 Å². The summed E-state index contributed by atoms with van der Waals surface area (Å²) in [6.45, 7) is 0.441. The van der Waals surface area contributed by atoms with Crippen molar-refractivity contribution in [2.75, 3.05) is 18.4 Å². The molecule has 1 N–H and O–H groups in total. The number of nitrogens with zero attached hydrogens (tertiary/aromatic N) is 7. The molecule has 24 heavy (non-hydrogen) atoms. The minimum Gasteiger partial charge on any atom is -0.365 e. The summed E-state index contributed by atoms with van der Waals surface area (Å²) < 4.78 is 23.5. The molecule has 1 aromatic carbocycles. The van der Waals surface area contributed by atoms with Crippen molar-refractivity contribution in [3.05, 3.63) is 51.1 Å². The number of halogens is 1. The van der Waals surface area contributed by atoms with Gasteiger partial charge < -0.3 is 5.32 Å². The predicted octanol–water partition coefficient (Wildman–Crippen LogP) is 1.74. The first-order chi connectivity index (χ1) is 11.7. The minimum absolute atomic E-state index is 0.0270. The van der Waals surface area contributed by atoms with Crippen molar-refractivity contribution in [2.45, 2.75) is 0 Å². The third-order valence-corrected chi connectivity index (χ3v) is 2.96. The molecule has 11 nitrogen and oxygen atoms in total. The van der Waals surface area contributed by atoms with Gasteiger partial charge in [0.15, 0.2) is 5.69 Å². The molecule has 0 spiro atoms. The molecule has 3 rings (SSSR count). The highest BCUT2D eigenvalue weighted by Crippen LogP contribution is 2.23. The van der Waals surface area contributed by atoms with Gasteiger partial charge in [-0.2, -0.15) is 0 Å². The molecule has 0 aliphatic carbocycles. The standard InChI is InChI=1S/C12H9FN8O3/c13-7-1-3-8(4-2-7)21-11(19-23-12(21)22)9-10(18-24-17-9)15-5-6-16-20-14/h1-4H,5-6H2,(H,15,18). The number of anilines is 1. The fourth-order valence-corrected chi connectivity index (χ4v) is 1.94. The maximum Gasteiger partial charge on any atom is 0.446 e. The first kappa shape index (κ1) is 15.2. The molecular formula is C12H9FN8O3. The molecule has 0 radical (unpaired) electrons. The average molecular weight is 332 g/mol. The Labute approximate surface area is 132 Å². The average Bonchev–Trinajstić information content (AvgIpc) is 3.19. The van der Waals surface area contributed by atoms with Crippen molar-refractivity contribution in [2.24, 2.45) is 5.11 Å². The Bertz CT molecular complexity index is 938. The van der Waals surface area contributed by atoms with Gasteiger partial charge in [-0.25, -0.2) is 18.4 Å².